The van der Waals surface area contributed by atoms with Crippen molar-refractivity contribution in [2.24, 2.45) is 29.1 Å². The average molecular weight is 280 g/mol. The molecule has 2 heteroatoms. The zero-order valence-corrected chi connectivity index (χ0v) is 14.3. The van der Waals surface area contributed by atoms with E-state index >= 15 is 0 Å². The monoisotopic (exact) mass is 280 g/mol. The molecular weight excluding hydrogens is 248 g/mol. The molecule has 116 valence electrons. The molecule has 2 saturated carbocycles. The third-order valence-electron chi connectivity index (χ3n) is 7.13. The van der Waals surface area contributed by atoms with Gasteiger partial charge in [0.05, 0.1) is 11.7 Å². The fourth-order valence-electron chi connectivity index (χ4n) is 5.62. The molecule has 3 rings (SSSR count). The first-order valence-corrected chi connectivity index (χ1v) is 8.46. The van der Waals surface area contributed by atoms with Crippen LogP contribution >= 0.6 is 0 Å². The maximum atomic E-state index is 6.45. The normalized spacial score (nSPS) is 53.2. The van der Waals surface area contributed by atoms with Gasteiger partial charge in [-0.25, -0.2) is 0 Å². The van der Waals surface area contributed by atoms with E-state index in [0.29, 0.717) is 11.3 Å². The molecule has 0 bridgehead atoms. The van der Waals surface area contributed by atoms with Crippen LogP contribution in [0.4, 0.5) is 0 Å². The highest BCUT2D eigenvalue weighted by Crippen LogP contribution is 2.60. The maximum absolute atomic E-state index is 6.45. The second-order valence-electron chi connectivity index (χ2n) is 8.90. The molecule has 0 radical (unpaired) electrons. The van der Waals surface area contributed by atoms with Crippen LogP contribution in [-0.2, 0) is 9.47 Å². The Labute approximate surface area is 124 Å². The van der Waals surface area contributed by atoms with Crippen LogP contribution in [0.25, 0.3) is 0 Å². The predicted octanol–water partition coefficient (Wildman–Crippen LogP) is 4.62. The summed E-state index contributed by atoms with van der Waals surface area (Å²) in [6.07, 6.45) is 4.20. The summed E-state index contributed by atoms with van der Waals surface area (Å²) in [6, 6.07) is 0. The van der Waals surface area contributed by atoms with Crippen molar-refractivity contribution in [1.29, 1.82) is 0 Å². The molecule has 3 fully saturated rings. The highest BCUT2D eigenvalue weighted by molar-refractivity contribution is 5.09. The van der Waals surface area contributed by atoms with Crippen LogP contribution in [0.3, 0.4) is 0 Å². The molecule has 0 aromatic rings. The predicted molar refractivity (Wildman–Crippen MR) is 81.4 cm³/mol. The van der Waals surface area contributed by atoms with E-state index in [0.717, 1.165) is 17.8 Å². The van der Waals surface area contributed by atoms with Gasteiger partial charge in [0.2, 0.25) is 0 Å². The third-order valence-corrected chi connectivity index (χ3v) is 7.13. The summed E-state index contributed by atoms with van der Waals surface area (Å²) in [5, 5.41) is 0. The minimum atomic E-state index is -0.432. The first-order chi connectivity index (χ1) is 9.08. The number of hydrogen-bond donors (Lipinski definition) is 0. The highest BCUT2D eigenvalue weighted by Gasteiger charge is 2.62. The molecule has 2 aliphatic carbocycles. The first kappa shape index (κ1) is 14.8. The molecule has 20 heavy (non-hydrogen) atoms. The van der Waals surface area contributed by atoms with Crippen molar-refractivity contribution in [3.8, 4) is 0 Å². The molecule has 5 unspecified atom stereocenters. The largest absolute Gasteiger partial charge is 0.344 e. The Morgan fingerprint density at radius 2 is 1.60 bits per heavy atom. The number of fused-ring (bicyclic) bond motifs is 2. The van der Waals surface area contributed by atoms with E-state index in [1.165, 1.54) is 19.3 Å². The topological polar surface area (TPSA) is 18.5 Å². The molecule has 6 atom stereocenters. The van der Waals surface area contributed by atoms with Crippen molar-refractivity contribution < 1.29 is 9.47 Å². The van der Waals surface area contributed by atoms with Crippen molar-refractivity contribution in [3.05, 3.63) is 0 Å². The molecule has 0 N–H and O–H groups in total. The quantitative estimate of drug-likeness (QED) is 0.644. The first-order valence-electron chi connectivity index (χ1n) is 8.46. The van der Waals surface area contributed by atoms with E-state index in [9.17, 15) is 0 Å². The van der Waals surface area contributed by atoms with Gasteiger partial charge in [0, 0.05) is 0 Å². The van der Waals surface area contributed by atoms with Crippen molar-refractivity contribution >= 4 is 0 Å². The van der Waals surface area contributed by atoms with Gasteiger partial charge in [0.15, 0.2) is 5.79 Å². The Bertz CT molecular complexity index is 400. The summed E-state index contributed by atoms with van der Waals surface area (Å²) in [6.45, 7) is 16.2. The summed E-state index contributed by atoms with van der Waals surface area (Å²) < 4.78 is 12.8. The molecule has 3 aliphatic rings. The van der Waals surface area contributed by atoms with Crippen molar-refractivity contribution in [3.63, 3.8) is 0 Å². The van der Waals surface area contributed by atoms with Gasteiger partial charge in [0.1, 0.15) is 0 Å². The maximum Gasteiger partial charge on any atom is 0.164 e. The Kier molecular flexibility index (Phi) is 3.14. The van der Waals surface area contributed by atoms with Crippen molar-refractivity contribution in [1.82, 2.24) is 0 Å². The molecule has 1 aliphatic heterocycles. The van der Waals surface area contributed by atoms with Gasteiger partial charge < -0.3 is 9.47 Å². The Balaban J connectivity index is 2.02. The van der Waals surface area contributed by atoms with Gasteiger partial charge in [-0.2, -0.15) is 0 Å². The van der Waals surface area contributed by atoms with E-state index in [-0.39, 0.29) is 11.7 Å². The smallest absolute Gasteiger partial charge is 0.164 e. The van der Waals surface area contributed by atoms with Crippen molar-refractivity contribution in [2.45, 2.75) is 85.2 Å². The average Bonchev–Trinajstić information content (AvgIpc) is 2.76. The van der Waals surface area contributed by atoms with Gasteiger partial charge in [0.25, 0.3) is 0 Å². The van der Waals surface area contributed by atoms with Crippen LogP contribution in [0, 0.1) is 29.1 Å². The number of ether oxygens (including phenoxy) is 2. The number of hydrogen-bond acceptors (Lipinski definition) is 2. The van der Waals surface area contributed by atoms with Crippen LogP contribution in [0.15, 0.2) is 0 Å². The summed E-state index contributed by atoms with van der Waals surface area (Å²) >= 11 is 0. The molecule has 2 nitrogen and oxygen atoms in total. The van der Waals surface area contributed by atoms with Crippen LogP contribution in [-0.4, -0.2) is 17.5 Å². The van der Waals surface area contributed by atoms with E-state index in [1.807, 2.05) is 0 Å². The minimum absolute atomic E-state index is 0.142. The molecule has 1 saturated heterocycles. The standard InChI is InChI=1S/C18H32O2/c1-11-8-9-14-13(11)10-15-18(7,12(2)16(14,3)4)20-17(5,6)19-15/h11-15H,8-10H2,1-7H3/t11?,12-,13?,14?,15?,18?/m0/s1. The second-order valence-corrected chi connectivity index (χ2v) is 8.90. The molecule has 0 spiro atoms. The van der Waals surface area contributed by atoms with Gasteiger partial charge >= 0.3 is 0 Å². The van der Waals surface area contributed by atoms with Crippen molar-refractivity contribution in [2.75, 3.05) is 0 Å². The van der Waals surface area contributed by atoms with E-state index < -0.39 is 5.79 Å². The molecule has 1 heterocycles. The fraction of sp³-hybridized carbons (Fsp3) is 1.00. The Morgan fingerprint density at radius 3 is 2.25 bits per heavy atom. The second kappa shape index (κ2) is 4.23. The van der Waals surface area contributed by atoms with Gasteiger partial charge in [-0.05, 0) is 62.7 Å². The summed E-state index contributed by atoms with van der Waals surface area (Å²) in [7, 11) is 0. The van der Waals surface area contributed by atoms with E-state index in [4.69, 9.17) is 9.47 Å². The Morgan fingerprint density at radius 1 is 0.950 bits per heavy atom. The molecule has 0 aromatic carbocycles. The zero-order chi connectivity index (χ0) is 14.9. The molecular formula is C18H32O2. The van der Waals surface area contributed by atoms with Crippen LogP contribution < -0.4 is 0 Å². The fourth-order valence-corrected chi connectivity index (χ4v) is 5.62. The van der Waals surface area contributed by atoms with Crippen LogP contribution in [0.2, 0.25) is 0 Å². The van der Waals surface area contributed by atoms with Gasteiger partial charge in [-0.15, -0.1) is 0 Å². The van der Waals surface area contributed by atoms with Crippen LogP contribution in [0.5, 0.6) is 0 Å². The highest BCUT2D eigenvalue weighted by atomic mass is 16.8. The summed E-state index contributed by atoms with van der Waals surface area (Å²) in [5.74, 6) is 2.54. The molecule has 0 aromatic heterocycles. The van der Waals surface area contributed by atoms with Crippen LogP contribution in [0.1, 0.15) is 67.7 Å². The van der Waals surface area contributed by atoms with E-state index in [2.05, 4.69) is 48.5 Å². The van der Waals surface area contributed by atoms with E-state index in [1.54, 1.807) is 0 Å². The summed E-state index contributed by atoms with van der Waals surface area (Å²) in [4.78, 5) is 0. The lowest BCUT2D eigenvalue weighted by molar-refractivity contribution is -0.182. The SMILES string of the molecule is CC1CCC2C1CC1OC(C)(C)OC1(C)[C@@H](C)C2(C)C. The third kappa shape index (κ3) is 1.90. The molecule has 0 amide bonds. The lowest BCUT2D eigenvalue weighted by Gasteiger charge is -2.45. The lowest BCUT2D eigenvalue weighted by atomic mass is 9.63. The lowest BCUT2D eigenvalue weighted by Crippen LogP contribution is -2.48. The number of rotatable bonds is 0. The Hall–Kier alpha value is -0.0800. The summed E-state index contributed by atoms with van der Waals surface area (Å²) in [5.41, 5.74) is 0.180. The minimum Gasteiger partial charge on any atom is -0.344 e. The van der Waals surface area contributed by atoms with Gasteiger partial charge in [-0.3, -0.25) is 0 Å². The zero-order valence-electron chi connectivity index (χ0n) is 14.3. The van der Waals surface area contributed by atoms with Gasteiger partial charge in [-0.1, -0.05) is 34.1 Å².